The number of aromatic nitrogens is 2. The van der Waals surface area contributed by atoms with Crippen LogP contribution in [-0.2, 0) is 4.79 Å². The fraction of sp³-hybridized carbons (Fsp3) is 0.276. The third-order valence-electron chi connectivity index (χ3n) is 6.73. The maximum absolute atomic E-state index is 13.0. The number of aromatic amines is 1. The van der Waals surface area contributed by atoms with Gasteiger partial charge in [0.25, 0.3) is 5.91 Å². The molecule has 1 atom stereocenters. The molecule has 4 aromatic rings. The number of para-hydroxylation sites is 1. The molecule has 0 bridgehead atoms. The summed E-state index contributed by atoms with van der Waals surface area (Å²) in [4.78, 5) is 33.9. The number of anilines is 2. The number of likely N-dealkylation sites (tertiary alicyclic amines) is 1. The SMILES string of the molecule is COc1cc(C(=O)N2CC[C@@H](N(C)C)C2)ccc1Nc1cncc(-c2cc3ccccc3[nH]2)c1.O=C(O)C(F)(F)F. The molecule has 3 heterocycles. The van der Waals surface area contributed by atoms with Crippen LogP contribution in [0.15, 0.2) is 67.0 Å². The van der Waals surface area contributed by atoms with E-state index >= 15 is 0 Å². The van der Waals surface area contributed by atoms with Crippen LogP contribution in [0.1, 0.15) is 16.8 Å². The zero-order valence-corrected chi connectivity index (χ0v) is 22.7. The molecule has 216 valence electrons. The smallest absolute Gasteiger partial charge is 0.490 e. The van der Waals surface area contributed by atoms with Crippen LogP contribution in [0.3, 0.4) is 0 Å². The number of hydrogen-bond acceptors (Lipinski definition) is 6. The molecule has 1 fully saturated rings. The number of rotatable bonds is 6. The average Bonchev–Trinajstić information content (AvgIpc) is 3.61. The van der Waals surface area contributed by atoms with E-state index in [1.807, 2.05) is 47.5 Å². The van der Waals surface area contributed by atoms with Crippen molar-refractivity contribution in [2.45, 2.75) is 18.6 Å². The van der Waals surface area contributed by atoms with E-state index in [9.17, 15) is 18.0 Å². The Kier molecular flexibility index (Phi) is 8.82. The molecular weight excluding hydrogens is 539 g/mol. The first kappa shape index (κ1) is 29.4. The highest BCUT2D eigenvalue weighted by Gasteiger charge is 2.38. The van der Waals surface area contributed by atoms with Gasteiger partial charge in [-0.1, -0.05) is 18.2 Å². The fourth-order valence-electron chi connectivity index (χ4n) is 4.50. The lowest BCUT2D eigenvalue weighted by atomic mass is 10.1. The highest BCUT2D eigenvalue weighted by atomic mass is 19.4. The van der Waals surface area contributed by atoms with E-state index < -0.39 is 12.1 Å². The first-order valence-electron chi connectivity index (χ1n) is 12.7. The van der Waals surface area contributed by atoms with Crippen molar-refractivity contribution in [3.05, 3.63) is 72.6 Å². The molecule has 0 radical (unpaired) electrons. The zero-order valence-electron chi connectivity index (χ0n) is 22.7. The number of likely N-dealkylation sites (N-methyl/N-ethyl adjacent to an activating group) is 1. The number of methoxy groups -OCH3 is 1. The number of carbonyl (C=O) groups excluding carboxylic acids is 1. The number of halogens is 3. The quantitative estimate of drug-likeness (QED) is 0.286. The monoisotopic (exact) mass is 569 g/mol. The first-order valence-corrected chi connectivity index (χ1v) is 12.7. The Bertz CT molecular complexity index is 1500. The van der Waals surface area contributed by atoms with Crippen LogP contribution in [-0.4, -0.2) is 83.3 Å². The molecule has 1 saturated heterocycles. The molecule has 0 spiro atoms. The van der Waals surface area contributed by atoms with Crippen LogP contribution < -0.4 is 10.1 Å². The Morgan fingerprint density at radius 2 is 1.85 bits per heavy atom. The van der Waals surface area contributed by atoms with Gasteiger partial charge in [-0.25, -0.2) is 4.79 Å². The number of nitrogens with one attached hydrogen (secondary N) is 2. The van der Waals surface area contributed by atoms with E-state index in [-0.39, 0.29) is 5.91 Å². The Morgan fingerprint density at radius 3 is 2.49 bits per heavy atom. The number of H-pyrrole nitrogens is 1. The Morgan fingerprint density at radius 1 is 1.12 bits per heavy atom. The number of amides is 1. The van der Waals surface area contributed by atoms with Crippen molar-refractivity contribution in [1.29, 1.82) is 0 Å². The van der Waals surface area contributed by atoms with Gasteiger partial charge in [0.15, 0.2) is 0 Å². The van der Waals surface area contributed by atoms with E-state index in [2.05, 4.69) is 52.5 Å². The van der Waals surface area contributed by atoms with Gasteiger partial charge >= 0.3 is 12.1 Å². The number of aliphatic carboxylic acids is 1. The molecule has 2 aromatic heterocycles. The van der Waals surface area contributed by atoms with Crippen molar-refractivity contribution in [2.75, 3.05) is 39.6 Å². The number of ether oxygens (including phenoxy) is 1. The van der Waals surface area contributed by atoms with Crippen LogP contribution in [0, 0.1) is 0 Å². The summed E-state index contributed by atoms with van der Waals surface area (Å²) in [5.41, 5.74) is 5.33. The molecule has 1 amide bonds. The van der Waals surface area contributed by atoms with Gasteiger partial charge in [-0.3, -0.25) is 9.78 Å². The molecule has 12 heteroatoms. The van der Waals surface area contributed by atoms with E-state index in [1.165, 1.54) is 0 Å². The van der Waals surface area contributed by atoms with Crippen molar-refractivity contribution in [1.82, 2.24) is 19.8 Å². The number of nitrogens with zero attached hydrogens (tertiary/aromatic N) is 3. The summed E-state index contributed by atoms with van der Waals surface area (Å²) < 4.78 is 37.4. The van der Waals surface area contributed by atoms with Crippen LogP contribution >= 0.6 is 0 Å². The van der Waals surface area contributed by atoms with Crippen molar-refractivity contribution in [3.8, 4) is 17.0 Å². The number of carboxylic acids is 1. The van der Waals surface area contributed by atoms with Crippen LogP contribution in [0.25, 0.3) is 22.2 Å². The zero-order chi connectivity index (χ0) is 29.7. The second-order valence-electron chi connectivity index (χ2n) is 9.73. The molecule has 1 aliphatic heterocycles. The number of pyridine rings is 1. The number of carbonyl (C=O) groups is 2. The molecule has 2 aromatic carbocycles. The van der Waals surface area contributed by atoms with Crippen LogP contribution in [0.2, 0.25) is 0 Å². The predicted octanol–water partition coefficient (Wildman–Crippen LogP) is 5.39. The maximum Gasteiger partial charge on any atom is 0.490 e. The second kappa shape index (κ2) is 12.3. The predicted molar refractivity (Wildman–Crippen MR) is 149 cm³/mol. The largest absolute Gasteiger partial charge is 0.495 e. The van der Waals surface area contributed by atoms with Crippen LogP contribution in [0.4, 0.5) is 24.5 Å². The lowest BCUT2D eigenvalue weighted by Crippen LogP contribution is -2.34. The topological polar surface area (TPSA) is 111 Å². The Labute approximate surface area is 234 Å². The molecule has 0 unspecified atom stereocenters. The van der Waals surface area contributed by atoms with Gasteiger partial charge in [0.2, 0.25) is 0 Å². The lowest BCUT2D eigenvalue weighted by molar-refractivity contribution is -0.192. The number of carboxylic acid groups (broad SMARTS) is 1. The maximum atomic E-state index is 13.0. The van der Waals surface area contributed by atoms with Crippen molar-refractivity contribution in [3.63, 3.8) is 0 Å². The highest BCUT2D eigenvalue weighted by Crippen LogP contribution is 2.31. The number of hydrogen-bond donors (Lipinski definition) is 3. The summed E-state index contributed by atoms with van der Waals surface area (Å²) >= 11 is 0. The number of fused-ring (bicyclic) bond motifs is 1. The summed E-state index contributed by atoms with van der Waals surface area (Å²) in [5.74, 6) is -2.10. The third-order valence-corrected chi connectivity index (χ3v) is 6.73. The number of benzene rings is 2. The summed E-state index contributed by atoms with van der Waals surface area (Å²) in [6.45, 7) is 1.52. The minimum atomic E-state index is -5.08. The average molecular weight is 570 g/mol. The van der Waals surface area contributed by atoms with Crippen molar-refractivity contribution in [2.24, 2.45) is 0 Å². The molecule has 0 aliphatic carbocycles. The van der Waals surface area contributed by atoms with Gasteiger partial charge in [-0.2, -0.15) is 13.2 Å². The summed E-state index contributed by atoms with van der Waals surface area (Å²) in [7, 11) is 5.74. The van der Waals surface area contributed by atoms with Gasteiger partial charge in [0.05, 0.1) is 24.7 Å². The van der Waals surface area contributed by atoms with Gasteiger partial charge in [-0.05, 0) is 56.9 Å². The van der Waals surface area contributed by atoms with Crippen molar-refractivity contribution >= 4 is 34.2 Å². The van der Waals surface area contributed by atoms with Gasteiger partial charge in [-0.15, -0.1) is 0 Å². The minimum Gasteiger partial charge on any atom is -0.495 e. The Balaban J connectivity index is 0.000000493. The molecular formula is C29H30F3N5O4. The lowest BCUT2D eigenvalue weighted by Gasteiger charge is -2.21. The normalized spacial score (nSPS) is 15.0. The highest BCUT2D eigenvalue weighted by molar-refractivity contribution is 5.95. The second-order valence-corrected chi connectivity index (χ2v) is 9.73. The molecule has 5 rings (SSSR count). The summed E-state index contributed by atoms with van der Waals surface area (Å²) in [6.07, 6.45) is -0.475. The molecule has 3 N–H and O–H groups in total. The third kappa shape index (κ3) is 7.14. The summed E-state index contributed by atoms with van der Waals surface area (Å²) in [5, 5.41) is 11.7. The van der Waals surface area contributed by atoms with E-state index in [4.69, 9.17) is 14.6 Å². The first-order chi connectivity index (χ1) is 19.5. The van der Waals surface area contributed by atoms with Crippen molar-refractivity contribution < 1.29 is 32.6 Å². The molecule has 0 saturated carbocycles. The number of alkyl halides is 3. The van der Waals surface area contributed by atoms with E-state index in [0.717, 1.165) is 53.0 Å². The standard InChI is InChI=1S/C27H29N5O2.C2HF3O2/c1-31(2)22-10-11-32(17-22)27(33)19-8-9-24(26(14-19)34-3)29-21-12-20(15-28-16-21)25-13-18-6-4-5-7-23(18)30-25;3-2(4,5)1(6)7/h4-9,12-16,22,29-30H,10-11,17H2,1-3H3;(H,6,7)/t22-;/m1./s1. The fourth-order valence-corrected chi connectivity index (χ4v) is 4.50. The van der Waals surface area contributed by atoms with E-state index in [0.29, 0.717) is 17.4 Å². The minimum absolute atomic E-state index is 0.0386. The molecule has 41 heavy (non-hydrogen) atoms. The molecule has 1 aliphatic rings. The summed E-state index contributed by atoms with van der Waals surface area (Å²) in [6, 6.07) is 18.3. The van der Waals surface area contributed by atoms with E-state index in [1.54, 1.807) is 13.3 Å². The van der Waals surface area contributed by atoms with Crippen LogP contribution in [0.5, 0.6) is 5.75 Å². The molecule has 9 nitrogen and oxygen atoms in total. The van der Waals surface area contributed by atoms with Gasteiger partial charge < -0.3 is 29.9 Å². The Hall–Kier alpha value is -4.58. The van der Waals surface area contributed by atoms with Gasteiger partial charge in [0, 0.05) is 53.1 Å². The van der Waals surface area contributed by atoms with Gasteiger partial charge in [0.1, 0.15) is 5.75 Å².